The Bertz CT molecular complexity index is 1040. The minimum absolute atomic E-state index is 0.190. The Morgan fingerprint density at radius 2 is 1.58 bits per heavy atom. The zero-order valence-electron chi connectivity index (χ0n) is 18.7. The Morgan fingerprint density at radius 3 is 2.10 bits per heavy atom. The van der Waals surface area contributed by atoms with Crippen LogP contribution in [-0.4, -0.2) is 27.2 Å². The standard InChI is InChI=1S/C25H29N3O2S/c1-17-22(31-18(2)26-17)24(30)28(16-19-12-8-6-9-13-19)21(20-14-10-7-11-15-20)23(29)27-25(3,4)5/h6-15,21H,16H2,1-5H3,(H,27,29). The zero-order valence-corrected chi connectivity index (χ0v) is 19.5. The highest BCUT2D eigenvalue weighted by molar-refractivity contribution is 7.13. The van der Waals surface area contributed by atoms with Crippen LogP contribution in [0, 0.1) is 13.8 Å². The number of hydrogen-bond donors (Lipinski definition) is 1. The second-order valence-electron chi connectivity index (χ2n) is 8.62. The van der Waals surface area contributed by atoms with E-state index in [0.29, 0.717) is 17.1 Å². The van der Waals surface area contributed by atoms with E-state index in [9.17, 15) is 9.59 Å². The van der Waals surface area contributed by atoms with Crippen LogP contribution < -0.4 is 5.32 Å². The highest BCUT2D eigenvalue weighted by Gasteiger charge is 2.35. The largest absolute Gasteiger partial charge is 0.349 e. The Balaban J connectivity index is 2.10. The lowest BCUT2D eigenvalue weighted by Gasteiger charge is -2.33. The molecule has 162 valence electrons. The summed E-state index contributed by atoms with van der Waals surface area (Å²) in [6.45, 7) is 9.85. The van der Waals surface area contributed by atoms with E-state index < -0.39 is 11.6 Å². The first-order valence-electron chi connectivity index (χ1n) is 10.3. The van der Waals surface area contributed by atoms with Crippen LogP contribution in [0.25, 0.3) is 0 Å². The molecule has 31 heavy (non-hydrogen) atoms. The Kier molecular flexibility index (Phi) is 6.91. The van der Waals surface area contributed by atoms with Gasteiger partial charge in [-0.3, -0.25) is 9.59 Å². The van der Waals surface area contributed by atoms with Crippen molar-refractivity contribution in [2.45, 2.75) is 52.7 Å². The van der Waals surface area contributed by atoms with E-state index in [0.717, 1.165) is 16.1 Å². The third-order valence-electron chi connectivity index (χ3n) is 4.73. The number of nitrogens with one attached hydrogen (secondary N) is 1. The van der Waals surface area contributed by atoms with Crippen LogP contribution in [0.1, 0.15) is 58.3 Å². The number of hydrogen-bond acceptors (Lipinski definition) is 4. The van der Waals surface area contributed by atoms with Gasteiger partial charge in [-0.15, -0.1) is 11.3 Å². The summed E-state index contributed by atoms with van der Waals surface area (Å²) in [4.78, 5) is 33.9. The maximum absolute atomic E-state index is 13.8. The fourth-order valence-electron chi connectivity index (χ4n) is 3.47. The smallest absolute Gasteiger partial charge is 0.267 e. The molecule has 0 aliphatic heterocycles. The fourth-order valence-corrected chi connectivity index (χ4v) is 4.34. The van der Waals surface area contributed by atoms with Crippen LogP contribution in [0.5, 0.6) is 0 Å². The predicted molar refractivity (Wildman–Crippen MR) is 125 cm³/mol. The molecule has 0 bridgehead atoms. The molecule has 0 spiro atoms. The summed E-state index contributed by atoms with van der Waals surface area (Å²) >= 11 is 1.36. The van der Waals surface area contributed by atoms with Crippen molar-refractivity contribution in [3.05, 3.63) is 87.4 Å². The van der Waals surface area contributed by atoms with Crippen molar-refractivity contribution in [3.8, 4) is 0 Å². The van der Waals surface area contributed by atoms with Crippen LogP contribution >= 0.6 is 11.3 Å². The van der Waals surface area contributed by atoms with E-state index in [1.807, 2.05) is 95.3 Å². The van der Waals surface area contributed by atoms with Gasteiger partial charge in [0, 0.05) is 12.1 Å². The van der Waals surface area contributed by atoms with Gasteiger partial charge in [-0.25, -0.2) is 4.98 Å². The van der Waals surface area contributed by atoms with Gasteiger partial charge in [0.15, 0.2) is 0 Å². The average molecular weight is 436 g/mol. The molecule has 0 saturated heterocycles. The summed E-state index contributed by atoms with van der Waals surface area (Å²) < 4.78 is 0. The fraction of sp³-hybridized carbons (Fsp3) is 0.320. The molecule has 2 aromatic carbocycles. The van der Waals surface area contributed by atoms with Gasteiger partial charge in [-0.05, 0) is 45.7 Å². The van der Waals surface area contributed by atoms with Crippen LogP contribution in [0.15, 0.2) is 60.7 Å². The summed E-state index contributed by atoms with van der Waals surface area (Å²) in [5.41, 5.74) is 1.99. The number of nitrogens with zero attached hydrogens (tertiary/aromatic N) is 2. The molecule has 1 aromatic heterocycles. The molecular formula is C25H29N3O2S. The molecule has 1 unspecified atom stereocenters. The lowest BCUT2D eigenvalue weighted by Crippen LogP contribution is -2.49. The third kappa shape index (κ3) is 5.79. The van der Waals surface area contributed by atoms with E-state index in [1.54, 1.807) is 4.90 Å². The van der Waals surface area contributed by atoms with Crippen molar-refractivity contribution in [3.63, 3.8) is 0 Å². The molecule has 1 atom stereocenters. The maximum atomic E-state index is 13.8. The number of amides is 2. The summed E-state index contributed by atoms with van der Waals surface area (Å²) in [5, 5.41) is 3.89. The molecule has 3 aromatic rings. The molecule has 0 aliphatic rings. The molecule has 0 aliphatic carbocycles. The average Bonchev–Trinajstić information content (AvgIpc) is 3.05. The Hall–Kier alpha value is -2.99. The molecule has 1 heterocycles. The van der Waals surface area contributed by atoms with E-state index in [2.05, 4.69) is 10.3 Å². The molecule has 3 rings (SSSR count). The first kappa shape index (κ1) is 22.7. The van der Waals surface area contributed by atoms with Gasteiger partial charge in [-0.2, -0.15) is 0 Å². The van der Waals surface area contributed by atoms with Gasteiger partial charge in [0.25, 0.3) is 5.91 Å². The summed E-state index contributed by atoms with van der Waals surface area (Å²) in [7, 11) is 0. The molecule has 0 radical (unpaired) electrons. The van der Waals surface area contributed by atoms with E-state index in [1.165, 1.54) is 11.3 Å². The van der Waals surface area contributed by atoms with Crippen molar-refractivity contribution in [2.75, 3.05) is 0 Å². The summed E-state index contributed by atoms with van der Waals surface area (Å²) in [5.74, 6) is -0.397. The third-order valence-corrected chi connectivity index (χ3v) is 5.79. The Morgan fingerprint density at radius 1 is 1.00 bits per heavy atom. The van der Waals surface area contributed by atoms with Gasteiger partial charge < -0.3 is 10.2 Å². The maximum Gasteiger partial charge on any atom is 0.267 e. The number of aromatic nitrogens is 1. The topological polar surface area (TPSA) is 62.3 Å². The molecule has 0 saturated carbocycles. The van der Waals surface area contributed by atoms with Crippen molar-refractivity contribution in [2.24, 2.45) is 0 Å². The summed E-state index contributed by atoms with van der Waals surface area (Å²) in [6, 6.07) is 18.4. The van der Waals surface area contributed by atoms with E-state index in [4.69, 9.17) is 0 Å². The van der Waals surface area contributed by atoms with Gasteiger partial charge in [0.05, 0.1) is 10.7 Å². The molecule has 1 N–H and O–H groups in total. The van der Waals surface area contributed by atoms with Gasteiger partial charge in [-0.1, -0.05) is 60.7 Å². The minimum atomic E-state index is -0.769. The van der Waals surface area contributed by atoms with Crippen LogP contribution in [-0.2, 0) is 11.3 Å². The molecular weight excluding hydrogens is 406 g/mol. The highest BCUT2D eigenvalue weighted by atomic mass is 32.1. The first-order chi connectivity index (χ1) is 14.7. The van der Waals surface area contributed by atoms with Gasteiger partial charge >= 0.3 is 0 Å². The van der Waals surface area contributed by atoms with E-state index in [-0.39, 0.29) is 11.8 Å². The quantitative estimate of drug-likeness (QED) is 0.589. The monoisotopic (exact) mass is 435 g/mol. The summed E-state index contributed by atoms with van der Waals surface area (Å²) in [6.07, 6.45) is 0. The number of thiazole rings is 1. The van der Waals surface area contributed by atoms with Crippen molar-refractivity contribution < 1.29 is 9.59 Å². The number of rotatable bonds is 6. The van der Waals surface area contributed by atoms with Gasteiger partial charge in [0.2, 0.25) is 5.91 Å². The molecule has 2 amide bonds. The van der Waals surface area contributed by atoms with Crippen molar-refractivity contribution in [1.29, 1.82) is 0 Å². The molecule has 6 heteroatoms. The highest BCUT2D eigenvalue weighted by Crippen LogP contribution is 2.29. The predicted octanol–water partition coefficient (Wildman–Crippen LogP) is 5.06. The Labute approximate surface area is 188 Å². The van der Waals surface area contributed by atoms with Crippen LogP contribution in [0.3, 0.4) is 0 Å². The number of benzene rings is 2. The minimum Gasteiger partial charge on any atom is -0.349 e. The lowest BCUT2D eigenvalue weighted by atomic mass is 10.0. The van der Waals surface area contributed by atoms with E-state index >= 15 is 0 Å². The van der Waals surface area contributed by atoms with Crippen LogP contribution in [0.2, 0.25) is 0 Å². The second kappa shape index (κ2) is 9.43. The SMILES string of the molecule is Cc1nc(C)c(C(=O)N(Cc2ccccc2)C(C(=O)NC(C)(C)C)c2ccccc2)s1. The molecule has 0 fully saturated rings. The van der Waals surface area contributed by atoms with Gasteiger partial charge in [0.1, 0.15) is 10.9 Å². The number of aryl methyl sites for hydroxylation is 2. The zero-order chi connectivity index (χ0) is 22.6. The lowest BCUT2D eigenvalue weighted by molar-refractivity contribution is -0.127. The van der Waals surface area contributed by atoms with Crippen LogP contribution in [0.4, 0.5) is 0 Å². The second-order valence-corrected chi connectivity index (χ2v) is 9.82. The van der Waals surface area contributed by atoms with Crippen molar-refractivity contribution in [1.82, 2.24) is 15.2 Å². The normalized spacial score (nSPS) is 12.3. The first-order valence-corrected chi connectivity index (χ1v) is 11.1. The number of carbonyl (C=O) groups is 2. The molecule has 5 nitrogen and oxygen atoms in total. The number of carbonyl (C=O) groups excluding carboxylic acids is 2. The van der Waals surface area contributed by atoms with Crippen molar-refractivity contribution >= 4 is 23.2 Å².